The van der Waals surface area contributed by atoms with E-state index in [9.17, 15) is 25.0 Å². The number of nitro benzene ring substituents is 2. The van der Waals surface area contributed by atoms with E-state index in [0.717, 1.165) is 17.7 Å². The Hall–Kier alpha value is -4.37. The Morgan fingerprint density at radius 3 is 2.25 bits per heavy atom. The zero-order valence-corrected chi connectivity index (χ0v) is 16.9. The van der Waals surface area contributed by atoms with Gasteiger partial charge in [-0.15, -0.1) is 0 Å². The molecule has 32 heavy (non-hydrogen) atoms. The number of nitrogens with one attached hydrogen (secondary N) is 1. The van der Waals surface area contributed by atoms with Crippen LogP contribution in [0.3, 0.4) is 0 Å². The van der Waals surface area contributed by atoms with Crippen LogP contribution < -0.4 is 5.43 Å². The molecule has 0 fully saturated rings. The van der Waals surface area contributed by atoms with E-state index < -0.39 is 21.2 Å². The Balaban J connectivity index is 1.79. The van der Waals surface area contributed by atoms with Crippen molar-refractivity contribution in [2.24, 2.45) is 5.10 Å². The van der Waals surface area contributed by atoms with Gasteiger partial charge in [0.25, 0.3) is 5.69 Å². The number of carbonyl (C=O) groups excluding carboxylic acids is 1. The van der Waals surface area contributed by atoms with Gasteiger partial charge in [0.1, 0.15) is 11.4 Å². The van der Waals surface area contributed by atoms with Gasteiger partial charge in [0.15, 0.2) is 5.78 Å². The Morgan fingerprint density at radius 1 is 0.906 bits per heavy atom. The number of halogens is 1. The monoisotopic (exact) mass is 448 g/mol. The maximum atomic E-state index is 13.0. The molecule has 0 atom stereocenters. The van der Waals surface area contributed by atoms with E-state index in [0.29, 0.717) is 27.4 Å². The molecular formula is C22H13ClN4O5. The number of non-ortho nitro benzene ring substituents is 1. The number of Topliss-reactive ketones (excluding diaryl/α,β-unsaturated/α-hetero) is 1. The molecular weight excluding hydrogens is 436 g/mol. The lowest BCUT2D eigenvalue weighted by Gasteiger charge is -2.05. The van der Waals surface area contributed by atoms with Crippen molar-refractivity contribution in [1.82, 2.24) is 0 Å². The van der Waals surface area contributed by atoms with Gasteiger partial charge < -0.3 is 0 Å². The van der Waals surface area contributed by atoms with Crippen LogP contribution in [-0.2, 0) is 0 Å². The van der Waals surface area contributed by atoms with Crippen molar-refractivity contribution in [3.05, 3.63) is 114 Å². The molecule has 10 heteroatoms. The zero-order valence-electron chi connectivity index (χ0n) is 16.2. The molecule has 0 unspecified atom stereocenters. The number of hydrogen-bond donors (Lipinski definition) is 1. The average molecular weight is 449 g/mol. The first-order valence-electron chi connectivity index (χ1n) is 9.23. The summed E-state index contributed by atoms with van der Waals surface area (Å²) in [6, 6.07) is 16.9. The van der Waals surface area contributed by atoms with Gasteiger partial charge in [0.2, 0.25) is 0 Å². The molecule has 0 spiro atoms. The van der Waals surface area contributed by atoms with Crippen LogP contribution in [0.5, 0.6) is 0 Å². The molecule has 0 bridgehead atoms. The van der Waals surface area contributed by atoms with Crippen molar-refractivity contribution in [3.63, 3.8) is 0 Å². The second-order valence-electron chi connectivity index (χ2n) is 6.77. The highest BCUT2D eigenvalue weighted by molar-refractivity contribution is 6.43. The Labute approximate surface area is 185 Å². The molecule has 4 rings (SSSR count). The number of hydrazone groups is 1. The number of ketones is 1. The molecule has 0 heterocycles. The van der Waals surface area contributed by atoms with E-state index in [1.165, 1.54) is 6.07 Å². The fourth-order valence-electron chi connectivity index (χ4n) is 3.26. The van der Waals surface area contributed by atoms with E-state index in [4.69, 9.17) is 11.6 Å². The van der Waals surface area contributed by atoms with E-state index in [-0.39, 0.29) is 11.5 Å². The fourth-order valence-corrected chi connectivity index (χ4v) is 3.39. The molecule has 1 N–H and O–H groups in total. The van der Waals surface area contributed by atoms with Gasteiger partial charge in [-0.2, -0.15) is 5.10 Å². The van der Waals surface area contributed by atoms with Gasteiger partial charge in [-0.05, 0) is 29.8 Å². The summed E-state index contributed by atoms with van der Waals surface area (Å²) in [5.74, 6) is -0.241. The van der Waals surface area contributed by atoms with E-state index in [1.807, 2.05) is 0 Å². The Bertz CT molecular complexity index is 1330. The van der Waals surface area contributed by atoms with Crippen LogP contribution in [0.15, 0.2) is 77.4 Å². The van der Waals surface area contributed by atoms with Gasteiger partial charge in [-0.3, -0.25) is 30.4 Å². The summed E-state index contributed by atoms with van der Waals surface area (Å²) in [6.45, 7) is 0. The van der Waals surface area contributed by atoms with Crippen LogP contribution in [0.4, 0.5) is 17.1 Å². The molecule has 0 amide bonds. The summed E-state index contributed by atoms with van der Waals surface area (Å²) < 4.78 is 0. The Kier molecular flexibility index (Phi) is 5.48. The second kappa shape index (κ2) is 8.40. The van der Waals surface area contributed by atoms with E-state index >= 15 is 0 Å². The van der Waals surface area contributed by atoms with E-state index in [1.54, 1.807) is 54.6 Å². The van der Waals surface area contributed by atoms with Crippen LogP contribution in [0.1, 0.15) is 21.5 Å². The van der Waals surface area contributed by atoms with Crippen LogP contribution in [0.25, 0.3) is 6.08 Å². The van der Waals surface area contributed by atoms with Gasteiger partial charge in [0.05, 0.1) is 21.5 Å². The van der Waals surface area contributed by atoms with Crippen molar-refractivity contribution in [1.29, 1.82) is 0 Å². The molecule has 3 aromatic rings. The van der Waals surface area contributed by atoms with Gasteiger partial charge in [-0.25, -0.2) is 0 Å². The van der Waals surface area contributed by atoms with Crippen LogP contribution in [-0.4, -0.2) is 21.3 Å². The second-order valence-corrected chi connectivity index (χ2v) is 7.21. The standard InChI is InChI=1S/C22H13ClN4O5/c23-14-7-5-13(6-8-14)11-18-21(16-3-1-2-4-17(16)22(18)28)25-24-19-10-9-15(26(29)30)12-20(19)27(31)32/h1-12,24H. The van der Waals surface area contributed by atoms with Crippen molar-refractivity contribution in [2.75, 3.05) is 5.43 Å². The number of nitrogens with zero attached hydrogens (tertiary/aromatic N) is 3. The molecule has 3 aromatic carbocycles. The predicted molar refractivity (Wildman–Crippen MR) is 120 cm³/mol. The quantitative estimate of drug-likeness (QED) is 0.322. The molecule has 158 valence electrons. The lowest BCUT2D eigenvalue weighted by molar-refractivity contribution is -0.393. The molecule has 0 saturated heterocycles. The highest BCUT2D eigenvalue weighted by Crippen LogP contribution is 2.32. The summed E-state index contributed by atoms with van der Waals surface area (Å²) in [4.78, 5) is 33.9. The highest BCUT2D eigenvalue weighted by atomic mass is 35.5. The number of allylic oxidation sites excluding steroid dienone is 1. The fraction of sp³-hybridized carbons (Fsp3) is 0. The third-order valence-electron chi connectivity index (χ3n) is 4.78. The van der Waals surface area contributed by atoms with Crippen molar-refractivity contribution in [3.8, 4) is 0 Å². The molecule has 1 aliphatic carbocycles. The first kappa shape index (κ1) is 20.9. The highest BCUT2D eigenvalue weighted by Gasteiger charge is 2.31. The molecule has 0 aliphatic heterocycles. The summed E-state index contributed by atoms with van der Waals surface area (Å²) >= 11 is 5.93. The molecule has 9 nitrogen and oxygen atoms in total. The lowest BCUT2D eigenvalue weighted by atomic mass is 10.1. The number of rotatable bonds is 5. The number of nitro groups is 2. The summed E-state index contributed by atoms with van der Waals surface area (Å²) in [5.41, 5.74) is 3.96. The third-order valence-corrected chi connectivity index (χ3v) is 5.04. The first-order chi connectivity index (χ1) is 15.3. The number of anilines is 1. The predicted octanol–water partition coefficient (Wildman–Crippen LogP) is 5.25. The van der Waals surface area contributed by atoms with Gasteiger partial charge >= 0.3 is 5.69 Å². The van der Waals surface area contributed by atoms with Crippen LogP contribution >= 0.6 is 11.6 Å². The van der Waals surface area contributed by atoms with Crippen LogP contribution in [0, 0.1) is 20.2 Å². The molecule has 1 aliphatic rings. The number of benzene rings is 3. The van der Waals surface area contributed by atoms with Gasteiger partial charge in [0, 0.05) is 22.2 Å². The summed E-state index contributed by atoms with van der Waals surface area (Å²) in [5, 5.41) is 27.2. The maximum Gasteiger partial charge on any atom is 0.301 e. The molecule has 0 saturated carbocycles. The maximum absolute atomic E-state index is 13.0. The topological polar surface area (TPSA) is 128 Å². The Morgan fingerprint density at radius 2 is 1.59 bits per heavy atom. The van der Waals surface area contributed by atoms with Crippen molar-refractivity contribution < 1.29 is 14.6 Å². The lowest BCUT2D eigenvalue weighted by Crippen LogP contribution is -2.06. The van der Waals surface area contributed by atoms with Crippen molar-refractivity contribution in [2.45, 2.75) is 0 Å². The molecule has 0 radical (unpaired) electrons. The average Bonchev–Trinajstić information content (AvgIpc) is 3.04. The minimum absolute atomic E-state index is 0.0456. The number of fused-ring (bicyclic) bond motifs is 1. The minimum Gasteiger partial charge on any atom is -0.289 e. The zero-order chi connectivity index (χ0) is 22.8. The van der Waals surface area contributed by atoms with E-state index in [2.05, 4.69) is 10.5 Å². The SMILES string of the molecule is O=C1C(=Cc2ccc(Cl)cc2)C(=NNc2ccc([N+](=O)[O-])cc2[N+](=O)[O-])c2ccccc21. The summed E-state index contributed by atoms with van der Waals surface area (Å²) in [6.07, 6.45) is 1.66. The third kappa shape index (κ3) is 3.96. The first-order valence-corrected chi connectivity index (χ1v) is 9.61. The summed E-state index contributed by atoms with van der Waals surface area (Å²) in [7, 11) is 0. The normalized spacial score (nSPS) is 15.1. The number of carbonyl (C=O) groups is 1. The minimum atomic E-state index is -0.742. The number of hydrogen-bond acceptors (Lipinski definition) is 7. The smallest absolute Gasteiger partial charge is 0.289 e. The van der Waals surface area contributed by atoms with Crippen LogP contribution in [0.2, 0.25) is 5.02 Å². The van der Waals surface area contributed by atoms with Crippen molar-refractivity contribution >= 4 is 46.2 Å². The largest absolute Gasteiger partial charge is 0.301 e. The molecule has 0 aromatic heterocycles. The van der Waals surface area contributed by atoms with Gasteiger partial charge in [-0.1, -0.05) is 48.0 Å².